The van der Waals surface area contributed by atoms with E-state index >= 15 is 0 Å². The minimum absolute atomic E-state index is 0. The molecule has 2 atom stereocenters. The molecule has 2 aromatic heterocycles. The van der Waals surface area contributed by atoms with Crippen LogP contribution in [0.15, 0.2) is 130 Å². The SMILES string of the molecule is C[Si](C)=[Zr+2].Cc1cc2c([cH-]1)C=CC=CC2c1cc2ccccc2o1.Cc1cc2c([cH-]1)C=CC=CC2c1cc2ccccc2o1.[Cl-].[Cl-]. The van der Waals surface area contributed by atoms with Crippen molar-refractivity contribution in [2.24, 2.45) is 0 Å². The minimum Gasteiger partial charge on any atom is -1.00 e. The largest absolute Gasteiger partial charge is 1.00 e. The van der Waals surface area contributed by atoms with Gasteiger partial charge in [-0.15, -0.1) is 58.7 Å². The molecule has 0 spiro atoms. The molecule has 0 fully saturated rings. The summed E-state index contributed by atoms with van der Waals surface area (Å²) in [4.78, 5) is 0. The fourth-order valence-electron chi connectivity index (χ4n) is 5.91. The maximum Gasteiger partial charge on any atom is 0.134 e. The number of hydrogen-bond acceptors (Lipinski definition) is 2. The number of hydrogen-bond donors (Lipinski definition) is 0. The van der Waals surface area contributed by atoms with Crippen LogP contribution in [0.25, 0.3) is 34.1 Å². The van der Waals surface area contributed by atoms with Gasteiger partial charge in [-0.25, -0.2) is 0 Å². The van der Waals surface area contributed by atoms with Crippen LogP contribution in [-0.4, -0.2) is 5.43 Å². The Bertz CT molecular complexity index is 1850. The zero-order chi connectivity index (χ0) is 30.6. The van der Waals surface area contributed by atoms with E-state index in [0.717, 1.165) is 33.5 Å². The van der Waals surface area contributed by atoms with E-state index in [1.807, 2.05) is 36.4 Å². The quantitative estimate of drug-likeness (QED) is 0.182. The molecule has 2 nitrogen and oxygen atoms in total. The summed E-state index contributed by atoms with van der Waals surface area (Å²) in [6, 6.07) is 29.6. The van der Waals surface area contributed by atoms with Gasteiger partial charge in [0.1, 0.15) is 22.7 Å². The number of benzene rings is 2. The van der Waals surface area contributed by atoms with Crippen molar-refractivity contribution in [2.75, 3.05) is 0 Å². The number of aryl methyl sites for hydroxylation is 2. The van der Waals surface area contributed by atoms with Gasteiger partial charge < -0.3 is 33.6 Å². The van der Waals surface area contributed by atoms with Crippen molar-refractivity contribution < 1.29 is 57.0 Å². The van der Waals surface area contributed by atoms with E-state index in [1.165, 1.54) is 33.4 Å². The fourth-order valence-corrected chi connectivity index (χ4v) is 5.91. The molecule has 2 unspecified atom stereocenters. The summed E-state index contributed by atoms with van der Waals surface area (Å²) in [5, 5.41) is 2.33. The molecule has 2 aliphatic carbocycles. The Morgan fingerprint density at radius 1 is 0.609 bits per heavy atom. The van der Waals surface area contributed by atoms with Gasteiger partial charge in [-0.05, 0) is 24.3 Å². The molecule has 2 aliphatic rings. The maximum absolute atomic E-state index is 6.05. The number of furan rings is 2. The first kappa shape index (κ1) is 35.7. The normalized spacial score (nSPS) is 15.7. The second kappa shape index (κ2) is 16.1. The Hall–Kier alpha value is -3.14. The van der Waals surface area contributed by atoms with E-state index in [2.05, 4.69) is 124 Å². The van der Waals surface area contributed by atoms with E-state index in [-0.39, 0.29) is 42.1 Å². The summed E-state index contributed by atoms with van der Waals surface area (Å²) in [5.41, 5.74) is 9.96. The minimum atomic E-state index is 0. The third-order valence-electron chi connectivity index (χ3n) is 7.75. The third-order valence-corrected chi connectivity index (χ3v) is 7.75. The summed E-state index contributed by atoms with van der Waals surface area (Å²) in [5.74, 6) is 2.42. The standard InChI is InChI=1S/2C19H15O.C2H6Si.2ClH.Zr/c2*1-13-10-14-6-2-4-8-16(17(14)11-13)19-12-15-7-3-5-9-18(15)20-19;1-3-2;;;/h2*2-12,16H,1H3;1-2H3;2*1H;/q2*-1;;;;+2/p-2. The summed E-state index contributed by atoms with van der Waals surface area (Å²) in [7, 11) is 0. The van der Waals surface area contributed by atoms with Crippen molar-refractivity contribution in [3.63, 3.8) is 0 Å². The maximum atomic E-state index is 6.05. The Morgan fingerprint density at radius 3 is 1.39 bits per heavy atom. The van der Waals surface area contributed by atoms with Crippen LogP contribution in [-0.2, 0) is 23.3 Å². The van der Waals surface area contributed by atoms with E-state index in [9.17, 15) is 0 Å². The second-order valence-corrected chi connectivity index (χ2v) is 21.1. The van der Waals surface area contributed by atoms with E-state index in [4.69, 9.17) is 8.83 Å². The Kier molecular flexibility index (Phi) is 12.5. The van der Waals surface area contributed by atoms with E-state index in [0.29, 0.717) is 0 Å². The van der Waals surface area contributed by atoms with Gasteiger partial charge in [0.2, 0.25) is 0 Å². The second-order valence-electron chi connectivity index (χ2n) is 11.7. The molecule has 0 N–H and O–H groups in total. The van der Waals surface area contributed by atoms with Crippen LogP contribution in [0.2, 0.25) is 13.1 Å². The predicted molar refractivity (Wildman–Crippen MR) is 183 cm³/mol. The van der Waals surface area contributed by atoms with Crippen molar-refractivity contribution >= 4 is 39.5 Å². The number of allylic oxidation sites excluding steroid dienone is 6. The first-order valence-electron chi connectivity index (χ1n) is 15.1. The smallest absolute Gasteiger partial charge is 0.134 e. The van der Waals surface area contributed by atoms with E-state index in [1.54, 1.807) is 23.3 Å². The molecular formula is C40H36Cl2O2SiZr-2. The molecule has 6 aromatic rings. The van der Waals surface area contributed by atoms with Crippen molar-refractivity contribution in [3.8, 4) is 0 Å². The summed E-state index contributed by atoms with van der Waals surface area (Å²) < 4.78 is 12.1. The molecule has 0 saturated heterocycles. The average molecular weight is 739 g/mol. The van der Waals surface area contributed by atoms with Crippen LogP contribution in [0.5, 0.6) is 0 Å². The topological polar surface area (TPSA) is 26.3 Å². The van der Waals surface area contributed by atoms with Crippen LogP contribution in [0, 0.1) is 13.8 Å². The molecule has 232 valence electrons. The molecule has 46 heavy (non-hydrogen) atoms. The summed E-state index contributed by atoms with van der Waals surface area (Å²) in [6.07, 6.45) is 17.2. The first-order chi connectivity index (χ1) is 21.4. The zero-order valence-corrected chi connectivity index (χ0v) is 31.4. The summed E-state index contributed by atoms with van der Waals surface area (Å²) in [6.45, 7) is 8.90. The summed E-state index contributed by atoms with van der Waals surface area (Å²) >= 11 is 1.74. The molecule has 8 rings (SSSR count). The monoisotopic (exact) mass is 736 g/mol. The van der Waals surface area contributed by atoms with Crippen molar-refractivity contribution in [2.45, 2.75) is 38.8 Å². The van der Waals surface area contributed by atoms with Gasteiger partial charge in [0.05, 0.1) is 0 Å². The van der Waals surface area contributed by atoms with Gasteiger partial charge >= 0.3 is 41.9 Å². The molecular weight excluding hydrogens is 703 g/mol. The fraction of sp³-hybridized carbons (Fsp3) is 0.150. The van der Waals surface area contributed by atoms with Crippen LogP contribution in [0.1, 0.15) is 56.7 Å². The van der Waals surface area contributed by atoms with Gasteiger partial charge in [-0.2, -0.15) is 23.3 Å². The molecule has 0 radical (unpaired) electrons. The number of rotatable bonds is 2. The molecule has 6 heteroatoms. The Morgan fingerprint density at radius 2 is 1.00 bits per heavy atom. The number of halogens is 2. The third kappa shape index (κ3) is 8.22. The van der Waals surface area contributed by atoms with Gasteiger partial charge in [-0.3, -0.25) is 0 Å². The first-order valence-corrected chi connectivity index (χ1v) is 21.3. The van der Waals surface area contributed by atoms with E-state index < -0.39 is 0 Å². The van der Waals surface area contributed by atoms with Crippen LogP contribution in [0.4, 0.5) is 0 Å². The van der Waals surface area contributed by atoms with Crippen LogP contribution in [0.3, 0.4) is 0 Å². The van der Waals surface area contributed by atoms with Gasteiger partial charge in [0, 0.05) is 22.6 Å². The van der Waals surface area contributed by atoms with Gasteiger partial charge in [-0.1, -0.05) is 74.5 Å². The Balaban J connectivity index is 0.000000180. The van der Waals surface area contributed by atoms with Gasteiger partial charge in [0.15, 0.2) is 0 Å². The average Bonchev–Trinajstić information content (AvgIpc) is 3.74. The van der Waals surface area contributed by atoms with Crippen molar-refractivity contribution in [1.29, 1.82) is 0 Å². The van der Waals surface area contributed by atoms with Crippen LogP contribution < -0.4 is 24.8 Å². The number of fused-ring (bicyclic) bond motifs is 4. The Labute approximate surface area is 299 Å². The molecule has 0 amide bonds. The predicted octanol–water partition coefficient (Wildman–Crippen LogP) is 5.14. The van der Waals surface area contributed by atoms with Crippen LogP contribution >= 0.6 is 0 Å². The molecule has 2 heterocycles. The molecule has 4 aromatic carbocycles. The molecule has 0 bridgehead atoms. The molecule has 0 saturated carbocycles. The van der Waals surface area contributed by atoms with Gasteiger partial charge in [0.25, 0.3) is 0 Å². The van der Waals surface area contributed by atoms with Crippen molar-refractivity contribution in [3.05, 3.63) is 166 Å². The zero-order valence-electron chi connectivity index (χ0n) is 26.4. The number of para-hydroxylation sites is 2. The molecule has 0 aliphatic heterocycles. The van der Waals surface area contributed by atoms with Crippen molar-refractivity contribution in [1.82, 2.24) is 0 Å².